The lowest BCUT2D eigenvalue weighted by Crippen LogP contribution is -2.24. The largest absolute Gasteiger partial charge is 0.297 e. The fourth-order valence-corrected chi connectivity index (χ4v) is 2.97. The maximum absolute atomic E-state index is 5.02. The van der Waals surface area contributed by atoms with E-state index in [4.69, 9.17) is 4.98 Å². The molecule has 2 rings (SSSR count). The topological polar surface area (TPSA) is 38.1 Å². The third kappa shape index (κ3) is 4.11. The highest BCUT2D eigenvalue weighted by Crippen LogP contribution is 2.34. The van der Waals surface area contributed by atoms with E-state index in [0.717, 1.165) is 23.4 Å². The molecule has 0 aromatic carbocycles. The summed E-state index contributed by atoms with van der Waals surface area (Å²) in [6.45, 7) is 10.5. The molecule has 3 nitrogen and oxygen atoms in total. The van der Waals surface area contributed by atoms with Gasteiger partial charge in [0.2, 0.25) is 0 Å². The second-order valence-electron chi connectivity index (χ2n) is 6.37. The van der Waals surface area contributed by atoms with Gasteiger partial charge in [-0.15, -0.1) is 0 Å². The Bertz CT molecular complexity index is 762. The summed E-state index contributed by atoms with van der Waals surface area (Å²) in [7, 11) is 1.77. The van der Waals surface area contributed by atoms with Gasteiger partial charge in [0.1, 0.15) is 0 Å². The molecule has 0 spiro atoms. The average Bonchev–Trinajstić information content (AvgIpc) is 2.68. The molecule has 0 fully saturated rings. The summed E-state index contributed by atoms with van der Waals surface area (Å²) < 4.78 is 0. The van der Waals surface area contributed by atoms with Crippen LogP contribution in [0.15, 0.2) is 72.0 Å². The Balaban J connectivity index is 2.45. The normalized spacial score (nSPS) is 15.8. The van der Waals surface area contributed by atoms with Gasteiger partial charge in [0.05, 0.1) is 5.69 Å². The van der Waals surface area contributed by atoms with E-state index in [1.54, 1.807) is 13.3 Å². The smallest absolute Gasteiger partial charge is 0.0509 e. The molecule has 3 heteroatoms. The maximum atomic E-state index is 5.02. The molecule has 130 valence electrons. The lowest BCUT2D eigenvalue weighted by Gasteiger charge is -2.29. The van der Waals surface area contributed by atoms with E-state index in [0.29, 0.717) is 0 Å². The Morgan fingerprint density at radius 2 is 2.00 bits per heavy atom. The van der Waals surface area contributed by atoms with Gasteiger partial charge in [0.25, 0.3) is 0 Å². The van der Waals surface area contributed by atoms with Gasteiger partial charge in [0.15, 0.2) is 0 Å². The zero-order valence-electron chi connectivity index (χ0n) is 15.6. The van der Waals surface area contributed by atoms with Crippen molar-refractivity contribution in [2.45, 2.75) is 38.5 Å². The summed E-state index contributed by atoms with van der Waals surface area (Å²) in [5.41, 5.74) is 4.33. The maximum Gasteiger partial charge on any atom is 0.0509 e. The molecule has 0 saturated heterocycles. The van der Waals surface area contributed by atoms with Crippen molar-refractivity contribution in [1.29, 1.82) is 0 Å². The van der Waals surface area contributed by atoms with Gasteiger partial charge in [-0.1, -0.05) is 32.6 Å². The second-order valence-corrected chi connectivity index (χ2v) is 6.37. The van der Waals surface area contributed by atoms with E-state index in [1.165, 1.54) is 5.56 Å². The Labute approximate surface area is 151 Å². The number of rotatable bonds is 7. The SMILES string of the molecule is C=C/C(=C\C=N/C)C(C)c1cccc(C(C)(CC)c2ccncc2)n1. The molecule has 0 aliphatic heterocycles. The van der Waals surface area contributed by atoms with E-state index >= 15 is 0 Å². The van der Waals surface area contributed by atoms with Crippen molar-refractivity contribution in [2.75, 3.05) is 7.05 Å². The van der Waals surface area contributed by atoms with Crippen molar-refractivity contribution in [1.82, 2.24) is 9.97 Å². The minimum absolute atomic E-state index is 0.137. The lowest BCUT2D eigenvalue weighted by atomic mass is 9.77. The van der Waals surface area contributed by atoms with Crippen molar-refractivity contribution in [3.8, 4) is 0 Å². The van der Waals surface area contributed by atoms with E-state index in [-0.39, 0.29) is 11.3 Å². The summed E-state index contributed by atoms with van der Waals surface area (Å²) in [6, 6.07) is 10.4. The molecule has 0 aliphatic carbocycles. The highest BCUT2D eigenvalue weighted by molar-refractivity contribution is 5.73. The number of aliphatic imine (C=N–C) groups is 1. The Morgan fingerprint density at radius 3 is 2.60 bits per heavy atom. The van der Waals surface area contributed by atoms with Crippen molar-refractivity contribution >= 4 is 6.21 Å². The molecular weight excluding hydrogens is 306 g/mol. The molecule has 0 aliphatic rings. The van der Waals surface area contributed by atoms with Gasteiger partial charge in [0, 0.05) is 42.7 Å². The summed E-state index contributed by atoms with van der Waals surface area (Å²) in [5, 5.41) is 0. The summed E-state index contributed by atoms with van der Waals surface area (Å²) in [4.78, 5) is 13.2. The van der Waals surface area contributed by atoms with Crippen LogP contribution in [-0.4, -0.2) is 23.2 Å². The van der Waals surface area contributed by atoms with Crippen LogP contribution in [0, 0.1) is 0 Å². The molecule has 0 N–H and O–H groups in total. The third-order valence-corrected chi connectivity index (χ3v) is 4.96. The van der Waals surface area contributed by atoms with E-state index in [2.05, 4.69) is 67.7 Å². The van der Waals surface area contributed by atoms with Gasteiger partial charge in [-0.3, -0.25) is 15.0 Å². The first-order chi connectivity index (χ1) is 12.1. The van der Waals surface area contributed by atoms with Crippen molar-refractivity contribution in [2.24, 2.45) is 4.99 Å². The van der Waals surface area contributed by atoms with Gasteiger partial charge in [-0.2, -0.15) is 0 Å². The Hall–Kier alpha value is -2.55. The van der Waals surface area contributed by atoms with Crippen LogP contribution >= 0.6 is 0 Å². The highest BCUT2D eigenvalue weighted by Gasteiger charge is 2.29. The number of nitrogens with zero attached hydrogens (tertiary/aromatic N) is 3. The van der Waals surface area contributed by atoms with Crippen LogP contribution in [0.1, 0.15) is 50.1 Å². The zero-order chi connectivity index (χ0) is 18.3. The Morgan fingerprint density at radius 1 is 1.28 bits per heavy atom. The summed E-state index contributed by atoms with van der Waals surface area (Å²) in [6.07, 6.45) is 10.3. The van der Waals surface area contributed by atoms with Crippen LogP contribution in [0.3, 0.4) is 0 Å². The molecule has 2 unspecified atom stereocenters. The first kappa shape index (κ1) is 18.8. The molecule has 2 aromatic heterocycles. The molecule has 0 radical (unpaired) electrons. The second kappa shape index (κ2) is 8.52. The number of aromatic nitrogens is 2. The molecule has 2 atom stereocenters. The minimum atomic E-state index is -0.137. The highest BCUT2D eigenvalue weighted by atomic mass is 14.7. The summed E-state index contributed by atoms with van der Waals surface area (Å²) in [5.74, 6) is 0.161. The number of allylic oxidation sites excluding steroid dienone is 3. The fraction of sp³-hybridized carbons (Fsp3) is 0.318. The first-order valence-electron chi connectivity index (χ1n) is 8.69. The van der Waals surface area contributed by atoms with Crippen molar-refractivity contribution < 1.29 is 0 Å². The number of pyridine rings is 2. The number of hydrogen-bond acceptors (Lipinski definition) is 3. The molecule has 2 aromatic rings. The predicted molar refractivity (Wildman–Crippen MR) is 106 cm³/mol. The van der Waals surface area contributed by atoms with Gasteiger partial charge < -0.3 is 0 Å². The first-order valence-corrected chi connectivity index (χ1v) is 8.69. The van der Waals surface area contributed by atoms with Gasteiger partial charge in [-0.05, 0) is 54.8 Å². The van der Waals surface area contributed by atoms with Gasteiger partial charge in [-0.25, -0.2) is 0 Å². The molecule has 0 amide bonds. The molecule has 25 heavy (non-hydrogen) atoms. The predicted octanol–water partition coefficient (Wildman–Crippen LogP) is 5.11. The van der Waals surface area contributed by atoms with Crippen LogP contribution in [-0.2, 0) is 5.41 Å². The molecular formula is C22H27N3. The molecule has 0 saturated carbocycles. The lowest BCUT2D eigenvalue weighted by molar-refractivity contribution is 0.528. The quantitative estimate of drug-likeness (QED) is 0.521. The molecule has 2 heterocycles. The van der Waals surface area contributed by atoms with Crippen molar-refractivity contribution in [3.05, 3.63) is 84.0 Å². The third-order valence-electron chi connectivity index (χ3n) is 4.96. The van der Waals surface area contributed by atoms with Crippen LogP contribution in [0.4, 0.5) is 0 Å². The summed E-state index contributed by atoms with van der Waals surface area (Å²) >= 11 is 0. The Kier molecular flexibility index (Phi) is 6.40. The van der Waals surface area contributed by atoms with Crippen LogP contribution in [0.2, 0.25) is 0 Å². The minimum Gasteiger partial charge on any atom is -0.297 e. The number of hydrogen-bond donors (Lipinski definition) is 0. The van der Waals surface area contributed by atoms with E-state index in [1.807, 2.05) is 24.5 Å². The van der Waals surface area contributed by atoms with Crippen LogP contribution in [0.25, 0.3) is 0 Å². The molecule has 0 bridgehead atoms. The van der Waals surface area contributed by atoms with Crippen molar-refractivity contribution in [3.63, 3.8) is 0 Å². The van der Waals surface area contributed by atoms with Gasteiger partial charge >= 0.3 is 0 Å². The fourth-order valence-electron chi connectivity index (χ4n) is 2.97. The standard InChI is InChI=1S/C22H27N3/c1-6-18(11-14-23-5)17(3)20-9-8-10-21(25-20)22(4,7-2)19-12-15-24-16-13-19/h6,8-17H,1,7H2,2-5H3/b18-11+,23-14-. The average molecular weight is 333 g/mol. The van der Waals surface area contributed by atoms with E-state index in [9.17, 15) is 0 Å². The van der Waals surface area contributed by atoms with Crippen LogP contribution < -0.4 is 0 Å². The van der Waals surface area contributed by atoms with Crippen LogP contribution in [0.5, 0.6) is 0 Å². The monoisotopic (exact) mass is 333 g/mol. The van der Waals surface area contributed by atoms with E-state index < -0.39 is 0 Å². The zero-order valence-corrected chi connectivity index (χ0v) is 15.6.